The fourth-order valence-corrected chi connectivity index (χ4v) is 1.04. The molecule has 0 aliphatic rings. The molecule has 0 radical (unpaired) electrons. The summed E-state index contributed by atoms with van der Waals surface area (Å²) in [6.45, 7) is 0. The molecule has 1 rings (SSSR count). The first-order chi connectivity index (χ1) is 5.13. The van der Waals surface area contributed by atoms with Crippen LogP contribution < -0.4 is 5.73 Å². The molecule has 1 amide bonds. The maximum absolute atomic E-state index is 10.5. The summed E-state index contributed by atoms with van der Waals surface area (Å²) in [7, 11) is 0. The Kier molecular flexibility index (Phi) is 1.81. The van der Waals surface area contributed by atoms with E-state index in [-0.39, 0.29) is 11.4 Å². The molecule has 6 nitrogen and oxygen atoms in total. The summed E-state index contributed by atoms with van der Waals surface area (Å²) < 4.78 is 6.78. The first-order valence-electron chi connectivity index (χ1n) is 2.48. The summed E-state index contributed by atoms with van der Waals surface area (Å²) in [6, 6.07) is 0. The second-order valence-corrected chi connectivity index (χ2v) is 2.16. The van der Waals surface area contributed by atoms with E-state index in [4.69, 9.17) is 10.8 Å². The van der Waals surface area contributed by atoms with E-state index < -0.39 is 11.9 Å². The molecule has 3 N–H and O–H groups in total. The van der Waals surface area contributed by atoms with E-state index in [1.165, 1.54) is 0 Å². The van der Waals surface area contributed by atoms with Gasteiger partial charge in [0.05, 0.1) is 11.7 Å². The zero-order valence-electron chi connectivity index (χ0n) is 5.14. The first-order valence-corrected chi connectivity index (χ1v) is 3.21. The monoisotopic (exact) mass is 173 g/mol. The molecule has 0 aliphatic heterocycles. The van der Waals surface area contributed by atoms with Crippen molar-refractivity contribution in [2.24, 2.45) is 5.73 Å². The molecule has 0 fully saturated rings. The number of aromatic carboxylic acids is 1. The van der Waals surface area contributed by atoms with Crippen molar-refractivity contribution in [3.05, 3.63) is 11.4 Å². The van der Waals surface area contributed by atoms with Crippen LogP contribution in [0.4, 0.5) is 0 Å². The van der Waals surface area contributed by atoms with Gasteiger partial charge in [-0.2, -0.15) is 8.75 Å². The number of primary amides is 1. The summed E-state index contributed by atoms with van der Waals surface area (Å²) in [5.74, 6) is -2.18. The number of rotatable bonds is 2. The number of carbonyl (C=O) groups excluding carboxylic acids is 1. The van der Waals surface area contributed by atoms with Crippen LogP contribution in [0.3, 0.4) is 0 Å². The fourth-order valence-electron chi connectivity index (χ4n) is 0.491. The SMILES string of the molecule is NC(=O)c1nsnc1C(=O)O. The van der Waals surface area contributed by atoms with Crippen LogP contribution in [0.5, 0.6) is 0 Å². The van der Waals surface area contributed by atoms with Gasteiger partial charge in [-0.15, -0.1) is 0 Å². The van der Waals surface area contributed by atoms with Crippen LogP contribution in [0.2, 0.25) is 0 Å². The van der Waals surface area contributed by atoms with Crippen LogP contribution in [0.25, 0.3) is 0 Å². The molecular weight excluding hydrogens is 170 g/mol. The minimum Gasteiger partial charge on any atom is -0.476 e. The number of amides is 1. The van der Waals surface area contributed by atoms with E-state index in [0.29, 0.717) is 11.7 Å². The summed E-state index contributed by atoms with van der Waals surface area (Å²) >= 11 is 0.641. The lowest BCUT2D eigenvalue weighted by Crippen LogP contribution is -2.16. The molecule has 58 valence electrons. The average Bonchev–Trinajstić information content (AvgIpc) is 2.32. The molecule has 1 heterocycles. The van der Waals surface area contributed by atoms with E-state index in [1.807, 2.05) is 0 Å². The van der Waals surface area contributed by atoms with Gasteiger partial charge in [-0.05, 0) is 0 Å². The van der Waals surface area contributed by atoms with Crippen LogP contribution in [0, 0.1) is 0 Å². The Balaban J connectivity index is 3.16. The van der Waals surface area contributed by atoms with Gasteiger partial charge in [-0.25, -0.2) is 4.79 Å². The standard InChI is InChI=1S/C4H3N3O3S/c5-3(8)1-2(4(9)10)7-11-6-1/h(H2,5,8)(H,9,10). The van der Waals surface area contributed by atoms with Gasteiger partial charge >= 0.3 is 5.97 Å². The van der Waals surface area contributed by atoms with Gasteiger partial charge in [0.25, 0.3) is 5.91 Å². The van der Waals surface area contributed by atoms with Gasteiger partial charge < -0.3 is 10.8 Å². The number of carboxylic acid groups (broad SMARTS) is 1. The summed E-state index contributed by atoms with van der Waals surface area (Å²) in [4.78, 5) is 20.7. The van der Waals surface area contributed by atoms with Crippen molar-refractivity contribution in [1.29, 1.82) is 0 Å². The molecule has 0 saturated heterocycles. The number of nitrogens with zero attached hydrogens (tertiary/aromatic N) is 2. The van der Waals surface area contributed by atoms with Gasteiger partial charge in [0.2, 0.25) is 0 Å². The topological polar surface area (TPSA) is 106 Å². The normalized spacial score (nSPS) is 9.45. The van der Waals surface area contributed by atoms with Gasteiger partial charge in [0.15, 0.2) is 11.4 Å². The van der Waals surface area contributed by atoms with Crippen molar-refractivity contribution in [1.82, 2.24) is 8.75 Å². The Morgan fingerprint density at radius 2 is 1.91 bits per heavy atom. The second kappa shape index (κ2) is 2.62. The zero-order valence-corrected chi connectivity index (χ0v) is 5.96. The van der Waals surface area contributed by atoms with Gasteiger partial charge in [0.1, 0.15) is 0 Å². The molecule has 7 heteroatoms. The highest BCUT2D eigenvalue weighted by Crippen LogP contribution is 2.03. The Hall–Kier alpha value is -1.50. The van der Waals surface area contributed by atoms with E-state index >= 15 is 0 Å². The molecule has 1 aromatic rings. The molecule has 11 heavy (non-hydrogen) atoms. The van der Waals surface area contributed by atoms with E-state index in [1.54, 1.807) is 0 Å². The zero-order chi connectivity index (χ0) is 8.43. The Morgan fingerprint density at radius 3 is 2.27 bits per heavy atom. The van der Waals surface area contributed by atoms with E-state index in [0.717, 1.165) is 0 Å². The smallest absolute Gasteiger partial charge is 0.358 e. The minimum absolute atomic E-state index is 0.289. The number of hydrogen-bond donors (Lipinski definition) is 2. The molecule has 0 aliphatic carbocycles. The molecule has 0 spiro atoms. The van der Waals surface area contributed by atoms with Gasteiger partial charge in [-0.3, -0.25) is 4.79 Å². The summed E-state index contributed by atoms with van der Waals surface area (Å²) in [6.07, 6.45) is 0. The molecule has 0 aromatic carbocycles. The van der Waals surface area contributed by atoms with Crippen molar-refractivity contribution in [3.63, 3.8) is 0 Å². The number of hydrogen-bond acceptors (Lipinski definition) is 5. The Morgan fingerprint density at radius 1 is 1.36 bits per heavy atom. The third-order valence-corrected chi connectivity index (χ3v) is 1.45. The van der Waals surface area contributed by atoms with Crippen molar-refractivity contribution >= 4 is 23.6 Å². The number of carboxylic acids is 1. The Bertz CT molecular complexity index is 279. The number of aromatic nitrogens is 2. The van der Waals surface area contributed by atoms with E-state index in [9.17, 15) is 9.59 Å². The second-order valence-electron chi connectivity index (χ2n) is 1.63. The van der Waals surface area contributed by atoms with Crippen molar-refractivity contribution in [2.75, 3.05) is 0 Å². The predicted molar refractivity (Wildman–Crippen MR) is 35.4 cm³/mol. The third kappa shape index (κ3) is 1.32. The largest absolute Gasteiger partial charge is 0.476 e. The van der Waals surface area contributed by atoms with Gasteiger partial charge in [0, 0.05) is 0 Å². The van der Waals surface area contributed by atoms with E-state index in [2.05, 4.69) is 8.75 Å². The third-order valence-electron chi connectivity index (χ3n) is 0.924. The highest BCUT2D eigenvalue weighted by molar-refractivity contribution is 6.99. The van der Waals surface area contributed by atoms with Crippen LogP contribution in [-0.4, -0.2) is 25.7 Å². The fraction of sp³-hybridized carbons (Fsp3) is 0. The maximum atomic E-state index is 10.5. The lowest BCUT2D eigenvalue weighted by atomic mass is 10.3. The quantitative estimate of drug-likeness (QED) is 0.617. The first kappa shape index (κ1) is 7.61. The van der Waals surface area contributed by atoms with Crippen LogP contribution in [-0.2, 0) is 0 Å². The molecule has 0 bridgehead atoms. The number of carbonyl (C=O) groups is 2. The highest BCUT2D eigenvalue weighted by Gasteiger charge is 2.18. The summed E-state index contributed by atoms with van der Waals surface area (Å²) in [5, 5.41) is 8.40. The lowest BCUT2D eigenvalue weighted by Gasteiger charge is -1.87. The molecule has 0 atom stereocenters. The predicted octanol–water partition coefficient (Wildman–Crippen LogP) is -0.665. The molecule has 1 aromatic heterocycles. The van der Waals surface area contributed by atoms with Crippen LogP contribution in [0.15, 0.2) is 0 Å². The van der Waals surface area contributed by atoms with Crippen molar-refractivity contribution in [3.8, 4) is 0 Å². The number of nitrogens with two attached hydrogens (primary N) is 1. The van der Waals surface area contributed by atoms with Crippen LogP contribution >= 0.6 is 11.7 Å². The summed E-state index contributed by atoms with van der Waals surface area (Å²) in [5.41, 5.74) is 4.12. The molecular formula is C4H3N3O3S. The molecule has 0 unspecified atom stereocenters. The minimum atomic E-state index is -1.30. The van der Waals surface area contributed by atoms with Gasteiger partial charge in [-0.1, -0.05) is 0 Å². The van der Waals surface area contributed by atoms with Crippen molar-refractivity contribution < 1.29 is 14.7 Å². The maximum Gasteiger partial charge on any atom is 0.358 e. The highest BCUT2D eigenvalue weighted by atomic mass is 32.1. The van der Waals surface area contributed by atoms with Crippen LogP contribution in [0.1, 0.15) is 21.0 Å². The Labute approximate surface area is 65.0 Å². The lowest BCUT2D eigenvalue weighted by molar-refractivity contribution is 0.0686. The van der Waals surface area contributed by atoms with Crippen molar-refractivity contribution in [2.45, 2.75) is 0 Å². The average molecular weight is 173 g/mol. The molecule has 0 saturated carbocycles.